The van der Waals surface area contributed by atoms with Crippen LogP contribution in [-0.4, -0.2) is 49.0 Å². The molecule has 1 atom stereocenters. The van der Waals surface area contributed by atoms with E-state index in [-0.39, 0.29) is 23.5 Å². The minimum Gasteiger partial charge on any atom is -0.466 e. The summed E-state index contributed by atoms with van der Waals surface area (Å²) in [5.41, 5.74) is 0.674. The molecule has 0 aliphatic rings. The maximum atomic E-state index is 11.8. The highest BCUT2D eigenvalue weighted by molar-refractivity contribution is 8.02. The van der Waals surface area contributed by atoms with Crippen LogP contribution in [0.15, 0.2) is 9.72 Å². The number of carbonyl (C=O) groups excluding carboxylic acids is 2. The molecule has 0 aliphatic carbocycles. The lowest BCUT2D eigenvalue weighted by Crippen LogP contribution is -2.33. The fraction of sp³-hybridized carbons (Fsp3) is 0.615. The lowest BCUT2D eigenvalue weighted by Gasteiger charge is -2.09. The first-order valence-electron chi connectivity index (χ1n) is 6.60. The molecule has 1 N–H and O–H groups in total. The van der Waals surface area contributed by atoms with Gasteiger partial charge in [0.15, 0.2) is 4.34 Å². The van der Waals surface area contributed by atoms with Crippen molar-refractivity contribution >= 4 is 35.0 Å². The molecule has 1 rings (SSSR count). The minimum atomic E-state index is -0.287. The molecular weight excluding hydrogens is 312 g/mol. The number of carbonyl (C=O) groups is 2. The number of amides is 1. The van der Waals surface area contributed by atoms with Gasteiger partial charge in [-0.3, -0.25) is 9.59 Å². The Morgan fingerprint density at radius 3 is 2.95 bits per heavy atom. The van der Waals surface area contributed by atoms with Crippen molar-refractivity contribution in [2.75, 3.05) is 26.9 Å². The van der Waals surface area contributed by atoms with Gasteiger partial charge in [0, 0.05) is 19.0 Å². The van der Waals surface area contributed by atoms with Crippen LogP contribution in [0.5, 0.6) is 0 Å². The van der Waals surface area contributed by atoms with Gasteiger partial charge in [-0.1, -0.05) is 11.8 Å². The van der Waals surface area contributed by atoms with Crippen LogP contribution in [0.25, 0.3) is 0 Å². The number of methoxy groups -OCH3 is 1. The highest BCUT2D eigenvalue weighted by Crippen LogP contribution is 2.27. The molecule has 0 saturated carbocycles. The molecule has 0 fully saturated rings. The van der Waals surface area contributed by atoms with Crippen molar-refractivity contribution in [3.05, 3.63) is 11.1 Å². The normalized spacial score (nSPS) is 12.0. The van der Waals surface area contributed by atoms with Gasteiger partial charge >= 0.3 is 5.97 Å². The van der Waals surface area contributed by atoms with Crippen molar-refractivity contribution in [3.8, 4) is 0 Å². The van der Waals surface area contributed by atoms with E-state index in [1.54, 1.807) is 14.0 Å². The first-order chi connectivity index (χ1) is 10.1. The number of thioether (sulfide) groups is 1. The number of hydrogen-bond acceptors (Lipinski definition) is 7. The quantitative estimate of drug-likeness (QED) is 0.419. The van der Waals surface area contributed by atoms with Gasteiger partial charge in [0.2, 0.25) is 5.91 Å². The number of hydrogen-bond donors (Lipinski definition) is 1. The second kappa shape index (κ2) is 9.75. The molecule has 0 saturated heterocycles. The first kappa shape index (κ1) is 17.9. The molecule has 1 aromatic heterocycles. The van der Waals surface area contributed by atoms with E-state index in [9.17, 15) is 9.59 Å². The van der Waals surface area contributed by atoms with E-state index in [4.69, 9.17) is 9.47 Å². The van der Waals surface area contributed by atoms with Crippen LogP contribution in [0.1, 0.15) is 19.5 Å². The lowest BCUT2D eigenvalue weighted by atomic mass is 10.3. The highest BCUT2D eigenvalue weighted by Gasteiger charge is 2.16. The van der Waals surface area contributed by atoms with E-state index in [2.05, 4.69) is 10.3 Å². The second-order valence-corrected chi connectivity index (χ2v) is 6.58. The average molecular weight is 332 g/mol. The van der Waals surface area contributed by atoms with Gasteiger partial charge in [-0.15, -0.1) is 11.3 Å². The van der Waals surface area contributed by atoms with Crippen molar-refractivity contribution in [1.29, 1.82) is 0 Å². The third-order valence-corrected chi connectivity index (χ3v) is 4.53. The van der Waals surface area contributed by atoms with E-state index in [0.29, 0.717) is 25.5 Å². The van der Waals surface area contributed by atoms with Crippen molar-refractivity contribution in [1.82, 2.24) is 10.3 Å². The summed E-state index contributed by atoms with van der Waals surface area (Å²) in [7, 11) is 1.59. The van der Waals surface area contributed by atoms with Crippen molar-refractivity contribution in [3.63, 3.8) is 0 Å². The van der Waals surface area contributed by atoms with Crippen LogP contribution < -0.4 is 5.32 Å². The zero-order valence-electron chi connectivity index (χ0n) is 12.4. The molecule has 0 aromatic carbocycles. The molecule has 6 nitrogen and oxygen atoms in total. The molecule has 0 bridgehead atoms. The fourth-order valence-corrected chi connectivity index (χ4v) is 3.41. The Bertz CT molecular complexity index is 465. The molecule has 21 heavy (non-hydrogen) atoms. The predicted molar refractivity (Wildman–Crippen MR) is 82.7 cm³/mol. The average Bonchev–Trinajstić information content (AvgIpc) is 2.86. The summed E-state index contributed by atoms with van der Waals surface area (Å²) in [6, 6.07) is 0. The molecule has 0 aliphatic heterocycles. The summed E-state index contributed by atoms with van der Waals surface area (Å²) < 4.78 is 10.5. The summed E-state index contributed by atoms with van der Waals surface area (Å²) in [5, 5.41) is 4.34. The zero-order chi connectivity index (χ0) is 15.7. The summed E-state index contributed by atoms with van der Waals surface area (Å²) in [5.74, 6) is -0.344. The Morgan fingerprint density at radius 1 is 1.52 bits per heavy atom. The maximum absolute atomic E-state index is 11.8. The van der Waals surface area contributed by atoms with E-state index >= 15 is 0 Å². The fourth-order valence-electron chi connectivity index (χ4n) is 1.41. The number of nitrogens with one attached hydrogen (secondary N) is 1. The summed E-state index contributed by atoms with van der Waals surface area (Å²) in [6.07, 6.45) is 0.166. The van der Waals surface area contributed by atoms with Crippen LogP contribution in [-0.2, 0) is 25.5 Å². The topological polar surface area (TPSA) is 77.5 Å². The number of aromatic nitrogens is 1. The third-order valence-electron chi connectivity index (χ3n) is 2.41. The SMILES string of the molecule is CCOC(=O)Cc1csc(S[C@H](C)C(=O)NCCOC)n1. The summed E-state index contributed by atoms with van der Waals surface area (Å²) in [6.45, 7) is 4.93. The zero-order valence-corrected chi connectivity index (χ0v) is 14.0. The minimum absolute atomic E-state index is 0.0563. The Hall–Kier alpha value is -1.12. The Kier molecular flexibility index (Phi) is 8.33. The highest BCUT2D eigenvalue weighted by atomic mass is 32.2. The van der Waals surface area contributed by atoms with Crippen LogP contribution >= 0.6 is 23.1 Å². The molecule has 0 unspecified atom stereocenters. The summed E-state index contributed by atoms with van der Waals surface area (Å²) >= 11 is 2.80. The smallest absolute Gasteiger partial charge is 0.311 e. The van der Waals surface area contributed by atoms with E-state index in [1.165, 1.54) is 23.1 Å². The van der Waals surface area contributed by atoms with Crippen molar-refractivity contribution in [2.45, 2.75) is 29.9 Å². The molecule has 118 valence electrons. The van der Waals surface area contributed by atoms with Crippen LogP contribution in [0, 0.1) is 0 Å². The number of ether oxygens (including phenoxy) is 2. The molecule has 8 heteroatoms. The van der Waals surface area contributed by atoms with Gasteiger partial charge in [-0.05, 0) is 13.8 Å². The van der Waals surface area contributed by atoms with Crippen LogP contribution in [0.3, 0.4) is 0 Å². The van der Waals surface area contributed by atoms with E-state index < -0.39 is 0 Å². The monoisotopic (exact) mass is 332 g/mol. The van der Waals surface area contributed by atoms with Crippen LogP contribution in [0.4, 0.5) is 0 Å². The molecule has 1 aromatic rings. The van der Waals surface area contributed by atoms with Gasteiger partial charge in [-0.2, -0.15) is 0 Å². The van der Waals surface area contributed by atoms with Crippen molar-refractivity contribution < 1.29 is 19.1 Å². The largest absolute Gasteiger partial charge is 0.466 e. The molecule has 0 spiro atoms. The van der Waals surface area contributed by atoms with Gasteiger partial charge < -0.3 is 14.8 Å². The van der Waals surface area contributed by atoms with Crippen LogP contribution in [0.2, 0.25) is 0 Å². The van der Waals surface area contributed by atoms with E-state index in [0.717, 1.165) is 4.34 Å². The Balaban J connectivity index is 2.42. The number of rotatable bonds is 9. The number of thiazole rings is 1. The third kappa shape index (κ3) is 6.92. The Labute approximate surface area is 132 Å². The van der Waals surface area contributed by atoms with Gasteiger partial charge in [-0.25, -0.2) is 4.98 Å². The molecule has 1 amide bonds. The first-order valence-corrected chi connectivity index (χ1v) is 8.36. The molecule has 1 heterocycles. The Morgan fingerprint density at radius 2 is 2.29 bits per heavy atom. The second-order valence-electron chi connectivity index (χ2n) is 4.13. The molecule has 0 radical (unpaired) electrons. The maximum Gasteiger partial charge on any atom is 0.311 e. The van der Waals surface area contributed by atoms with E-state index in [1.807, 2.05) is 12.3 Å². The lowest BCUT2D eigenvalue weighted by molar-refractivity contribution is -0.142. The summed E-state index contributed by atoms with van der Waals surface area (Å²) in [4.78, 5) is 27.5. The van der Waals surface area contributed by atoms with Gasteiger partial charge in [0.05, 0.1) is 30.6 Å². The van der Waals surface area contributed by atoms with Gasteiger partial charge in [0.25, 0.3) is 0 Å². The molecular formula is C13H20N2O4S2. The standard InChI is InChI=1S/C13H20N2O4S2/c1-4-19-11(16)7-10-8-20-13(15-10)21-9(2)12(17)14-5-6-18-3/h8-9H,4-7H2,1-3H3,(H,14,17)/t9-/m1/s1. The predicted octanol–water partition coefficient (Wildman–Crippen LogP) is 1.49. The van der Waals surface area contributed by atoms with Crippen molar-refractivity contribution in [2.24, 2.45) is 0 Å². The van der Waals surface area contributed by atoms with Gasteiger partial charge in [0.1, 0.15) is 0 Å². The number of nitrogens with zero attached hydrogens (tertiary/aromatic N) is 1. The number of esters is 1.